The van der Waals surface area contributed by atoms with Crippen molar-refractivity contribution in [3.8, 4) is 0 Å². The quantitative estimate of drug-likeness (QED) is 0.583. The summed E-state index contributed by atoms with van der Waals surface area (Å²) in [6.07, 6.45) is 2.52. The third-order valence-electron chi connectivity index (χ3n) is 5.49. The molecule has 7 nitrogen and oxygen atoms in total. The molecule has 29 heavy (non-hydrogen) atoms. The molecule has 0 amide bonds. The van der Waals surface area contributed by atoms with Crippen LogP contribution in [0.2, 0.25) is 0 Å². The van der Waals surface area contributed by atoms with E-state index in [1.54, 1.807) is 20.2 Å². The molecule has 1 aromatic heterocycles. The minimum absolute atomic E-state index is 0.0625. The highest BCUT2D eigenvalue weighted by molar-refractivity contribution is 7.91. The van der Waals surface area contributed by atoms with E-state index in [1.807, 2.05) is 22.8 Å². The summed E-state index contributed by atoms with van der Waals surface area (Å²) in [5.74, 6) is 0.0625. The number of hydrogen-bond donors (Lipinski definition) is 0. The van der Waals surface area contributed by atoms with Crippen LogP contribution in [0.4, 0.5) is 0 Å². The molecule has 0 unspecified atom stereocenters. The number of hydrogen-bond acceptors (Lipinski definition) is 6. The zero-order valence-electron chi connectivity index (χ0n) is 17.5. The molecule has 0 atom stereocenters. The van der Waals surface area contributed by atoms with Crippen molar-refractivity contribution in [2.45, 2.75) is 31.6 Å². The Hall–Kier alpha value is -1.74. The molecule has 1 aliphatic rings. The maximum atomic E-state index is 12.6. The van der Waals surface area contributed by atoms with E-state index >= 15 is 0 Å². The predicted molar refractivity (Wildman–Crippen MR) is 114 cm³/mol. The molecule has 1 saturated heterocycles. The average molecular weight is 421 g/mol. The summed E-state index contributed by atoms with van der Waals surface area (Å²) in [4.78, 5) is 9.09. The van der Waals surface area contributed by atoms with Crippen LogP contribution in [-0.2, 0) is 34.1 Å². The minimum atomic E-state index is -3.36. The molecule has 3 rings (SSSR count). The van der Waals surface area contributed by atoms with E-state index in [-0.39, 0.29) is 10.9 Å². The van der Waals surface area contributed by atoms with Crippen LogP contribution in [0, 0.1) is 0 Å². The van der Waals surface area contributed by atoms with E-state index in [1.165, 1.54) is 5.56 Å². The van der Waals surface area contributed by atoms with Gasteiger partial charge in [0.25, 0.3) is 0 Å². The van der Waals surface area contributed by atoms with Gasteiger partial charge in [-0.2, -0.15) is 0 Å². The van der Waals surface area contributed by atoms with Crippen molar-refractivity contribution >= 4 is 9.84 Å². The Kier molecular flexibility index (Phi) is 7.83. The normalized spacial score (nSPS) is 16.3. The minimum Gasteiger partial charge on any atom is -0.383 e. The highest BCUT2D eigenvalue weighted by atomic mass is 32.2. The van der Waals surface area contributed by atoms with E-state index in [2.05, 4.69) is 26.9 Å². The van der Waals surface area contributed by atoms with Crippen LogP contribution in [0.25, 0.3) is 0 Å². The summed E-state index contributed by atoms with van der Waals surface area (Å²) in [5.41, 5.74) is 2.16. The number of ether oxygens (including phenoxy) is 1. The zero-order chi connectivity index (χ0) is 20.7. The maximum Gasteiger partial charge on any atom is 0.227 e. The standard InChI is InChI=1S/C21H32N4O3S/c1-3-29(26,27)21-22-17-20(25(21)10-9-19-7-5-4-6-8-19)18-24-13-11-23(12-14-24)15-16-28-2/h4-8,17H,3,9-16,18H2,1-2H3. The van der Waals surface area contributed by atoms with Crippen LogP contribution in [0.15, 0.2) is 41.7 Å². The van der Waals surface area contributed by atoms with Crippen LogP contribution < -0.4 is 0 Å². The number of piperazine rings is 1. The summed E-state index contributed by atoms with van der Waals surface area (Å²) < 4.78 is 32.2. The number of methoxy groups -OCH3 is 1. The molecule has 1 aromatic carbocycles. The van der Waals surface area contributed by atoms with Crippen LogP contribution in [0.1, 0.15) is 18.2 Å². The van der Waals surface area contributed by atoms with Crippen molar-refractivity contribution in [3.05, 3.63) is 47.8 Å². The zero-order valence-corrected chi connectivity index (χ0v) is 18.3. The van der Waals surface area contributed by atoms with Gasteiger partial charge in [-0.3, -0.25) is 9.80 Å². The Morgan fingerprint density at radius 2 is 1.72 bits per heavy atom. The van der Waals surface area contributed by atoms with Crippen molar-refractivity contribution in [1.29, 1.82) is 0 Å². The SMILES string of the molecule is CCS(=O)(=O)c1ncc(CN2CCN(CCOC)CC2)n1CCc1ccccc1. The Bertz CT molecular complexity index is 859. The first-order valence-corrected chi connectivity index (χ1v) is 11.9. The van der Waals surface area contributed by atoms with Crippen molar-refractivity contribution in [1.82, 2.24) is 19.4 Å². The third kappa shape index (κ3) is 5.88. The summed E-state index contributed by atoms with van der Waals surface area (Å²) >= 11 is 0. The van der Waals surface area contributed by atoms with Crippen LogP contribution in [-0.4, -0.2) is 80.0 Å². The predicted octanol–water partition coefficient (Wildman–Crippen LogP) is 1.68. The average Bonchev–Trinajstić information content (AvgIpc) is 3.15. The van der Waals surface area contributed by atoms with Crippen LogP contribution in [0.3, 0.4) is 0 Å². The first kappa shape index (κ1) is 22.0. The van der Waals surface area contributed by atoms with Gasteiger partial charge in [0.15, 0.2) is 0 Å². The molecule has 0 N–H and O–H groups in total. The van der Waals surface area contributed by atoms with E-state index in [9.17, 15) is 8.42 Å². The van der Waals surface area contributed by atoms with E-state index < -0.39 is 9.84 Å². The number of nitrogens with zero attached hydrogens (tertiary/aromatic N) is 4. The molecular weight excluding hydrogens is 388 g/mol. The fraction of sp³-hybridized carbons (Fsp3) is 0.571. The Morgan fingerprint density at radius 3 is 2.38 bits per heavy atom. The largest absolute Gasteiger partial charge is 0.383 e. The lowest BCUT2D eigenvalue weighted by atomic mass is 10.1. The molecule has 2 aromatic rings. The molecule has 1 fully saturated rings. The smallest absolute Gasteiger partial charge is 0.227 e. The van der Waals surface area contributed by atoms with Gasteiger partial charge in [-0.05, 0) is 12.0 Å². The molecule has 160 valence electrons. The lowest BCUT2D eigenvalue weighted by Crippen LogP contribution is -2.47. The highest BCUT2D eigenvalue weighted by Gasteiger charge is 2.24. The Balaban J connectivity index is 1.71. The van der Waals surface area contributed by atoms with Gasteiger partial charge in [0.1, 0.15) is 0 Å². The number of aromatic nitrogens is 2. The third-order valence-corrected chi connectivity index (χ3v) is 7.13. The van der Waals surface area contributed by atoms with Gasteiger partial charge in [-0.15, -0.1) is 0 Å². The van der Waals surface area contributed by atoms with Gasteiger partial charge in [0, 0.05) is 52.9 Å². The molecule has 8 heteroatoms. The lowest BCUT2D eigenvalue weighted by Gasteiger charge is -2.34. The van der Waals surface area contributed by atoms with Gasteiger partial charge in [-0.1, -0.05) is 37.3 Å². The fourth-order valence-corrected chi connectivity index (χ4v) is 4.66. The Labute approximate surface area is 174 Å². The first-order chi connectivity index (χ1) is 14.0. The second-order valence-electron chi connectivity index (χ2n) is 7.43. The Morgan fingerprint density at radius 1 is 1.03 bits per heavy atom. The fourth-order valence-electron chi connectivity index (χ4n) is 3.64. The number of benzene rings is 1. The molecule has 0 radical (unpaired) electrons. The summed E-state index contributed by atoms with van der Waals surface area (Å²) in [5, 5.41) is 0.199. The molecule has 0 aliphatic carbocycles. The molecule has 0 bridgehead atoms. The number of sulfone groups is 1. The first-order valence-electron chi connectivity index (χ1n) is 10.3. The molecule has 2 heterocycles. The van der Waals surface area contributed by atoms with Gasteiger partial charge >= 0.3 is 0 Å². The second kappa shape index (κ2) is 10.3. The molecule has 0 spiro atoms. The molecule has 0 saturated carbocycles. The highest BCUT2D eigenvalue weighted by Crippen LogP contribution is 2.17. The summed E-state index contributed by atoms with van der Waals surface area (Å²) in [6.45, 7) is 8.64. The molecular formula is C21H32N4O3S. The van der Waals surface area contributed by atoms with E-state index in [4.69, 9.17) is 4.74 Å². The number of rotatable bonds is 10. The summed E-state index contributed by atoms with van der Waals surface area (Å²) in [7, 11) is -1.63. The van der Waals surface area contributed by atoms with Gasteiger partial charge < -0.3 is 9.30 Å². The second-order valence-corrected chi connectivity index (χ2v) is 9.61. The number of aryl methyl sites for hydroxylation is 1. The van der Waals surface area contributed by atoms with Crippen molar-refractivity contribution in [2.75, 3.05) is 52.2 Å². The van der Waals surface area contributed by atoms with E-state index in [0.29, 0.717) is 6.54 Å². The van der Waals surface area contributed by atoms with Gasteiger partial charge in [0.05, 0.1) is 24.3 Å². The van der Waals surface area contributed by atoms with Gasteiger partial charge in [-0.25, -0.2) is 13.4 Å². The van der Waals surface area contributed by atoms with Crippen LogP contribution >= 0.6 is 0 Å². The van der Waals surface area contributed by atoms with Crippen LogP contribution in [0.5, 0.6) is 0 Å². The summed E-state index contributed by atoms with van der Waals surface area (Å²) in [6, 6.07) is 10.2. The molecule has 1 aliphatic heterocycles. The van der Waals surface area contributed by atoms with Gasteiger partial charge in [0.2, 0.25) is 15.0 Å². The maximum absolute atomic E-state index is 12.6. The van der Waals surface area contributed by atoms with Crippen molar-refractivity contribution < 1.29 is 13.2 Å². The lowest BCUT2D eigenvalue weighted by molar-refractivity contribution is 0.0926. The number of imidazole rings is 1. The van der Waals surface area contributed by atoms with Crippen molar-refractivity contribution in [3.63, 3.8) is 0 Å². The topological polar surface area (TPSA) is 67.7 Å². The monoisotopic (exact) mass is 420 g/mol. The van der Waals surface area contributed by atoms with Crippen molar-refractivity contribution in [2.24, 2.45) is 0 Å². The van der Waals surface area contributed by atoms with E-state index in [0.717, 1.165) is 58.0 Å².